The number of likely N-dealkylation sites (N-methyl/N-ethyl adjacent to an activating group) is 1. The smallest absolute Gasteiger partial charge is 0.244 e. The number of nitrogens with one attached hydrogen (secondary N) is 1. The van der Waals surface area contributed by atoms with E-state index in [-0.39, 0.29) is 11.9 Å². The van der Waals surface area contributed by atoms with Gasteiger partial charge in [-0.05, 0) is 29.0 Å². The molecule has 0 radical (unpaired) electrons. The van der Waals surface area contributed by atoms with E-state index in [0.717, 1.165) is 18.5 Å². The molecule has 104 valence electrons. The monoisotopic (exact) mass is 286 g/mol. The molecule has 3 nitrogen and oxygen atoms in total. The van der Waals surface area contributed by atoms with Crippen LogP contribution in [0.15, 0.2) is 41.8 Å². The fourth-order valence-corrected chi connectivity index (χ4v) is 3.42. The normalized spacial score (nSPS) is 17.6. The molecule has 1 amide bonds. The van der Waals surface area contributed by atoms with Gasteiger partial charge in [-0.25, -0.2) is 0 Å². The number of benzene rings is 1. The summed E-state index contributed by atoms with van der Waals surface area (Å²) in [6, 6.07) is 12.1. The Balaban J connectivity index is 1.77. The Labute approximate surface area is 123 Å². The summed E-state index contributed by atoms with van der Waals surface area (Å²) in [7, 11) is 1.88. The van der Waals surface area contributed by atoms with Gasteiger partial charge in [0.05, 0.1) is 6.54 Å². The van der Waals surface area contributed by atoms with Crippen molar-refractivity contribution in [1.29, 1.82) is 0 Å². The fraction of sp³-hybridized carbons (Fsp3) is 0.312. The minimum Gasteiger partial charge on any atom is -0.339 e. The number of nitrogens with zero attached hydrogens (tertiary/aromatic N) is 1. The van der Waals surface area contributed by atoms with Gasteiger partial charge in [-0.2, -0.15) is 0 Å². The number of hydrogen-bond acceptors (Lipinski definition) is 3. The van der Waals surface area contributed by atoms with Crippen LogP contribution >= 0.6 is 11.3 Å². The summed E-state index contributed by atoms with van der Waals surface area (Å²) in [5.41, 5.74) is 2.41. The molecular formula is C16H18N2OS. The number of amides is 1. The van der Waals surface area contributed by atoms with Crippen molar-refractivity contribution in [3.05, 3.63) is 57.8 Å². The first-order chi connectivity index (χ1) is 9.75. The van der Waals surface area contributed by atoms with Gasteiger partial charge in [-0.3, -0.25) is 4.79 Å². The predicted octanol–water partition coefficient (Wildman–Crippen LogP) is 2.59. The Bertz CT molecular complexity index is 594. The van der Waals surface area contributed by atoms with E-state index in [1.165, 1.54) is 10.4 Å². The van der Waals surface area contributed by atoms with Gasteiger partial charge in [0.2, 0.25) is 5.91 Å². The molecule has 1 aliphatic heterocycles. The SMILES string of the molecule is CN(Cc1cccs1)C(=O)C1NCCc2ccccc21. The maximum atomic E-state index is 12.7. The average Bonchev–Trinajstić information content (AvgIpc) is 2.99. The van der Waals surface area contributed by atoms with Gasteiger partial charge >= 0.3 is 0 Å². The topological polar surface area (TPSA) is 32.3 Å². The number of hydrogen-bond donors (Lipinski definition) is 1. The largest absolute Gasteiger partial charge is 0.339 e. The summed E-state index contributed by atoms with van der Waals surface area (Å²) in [6.45, 7) is 1.54. The minimum atomic E-state index is -0.204. The minimum absolute atomic E-state index is 0.144. The van der Waals surface area contributed by atoms with E-state index >= 15 is 0 Å². The van der Waals surface area contributed by atoms with E-state index in [1.54, 1.807) is 11.3 Å². The van der Waals surface area contributed by atoms with Crippen LogP contribution in [0.25, 0.3) is 0 Å². The molecule has 1 N–H and O–H groups in total. The number of fused-ring (bicyclic) bond motifs is 1. The molecule has 20 heavy (non-hydrogen) atoms. The third-order valence-electron chi connectivity index (χ3n) is 3.71. The van der Waals surface area contributed by atoms with E-state index in [4.69, 9.17) is 0 Å². The second-order valence-corrected chi connectivity index (χ2v) is 6.14. The molecule has 1 atom stereocenters. The first-order valence-corrected chi connectivity index (χ1v) is 7.72. The van der Waals surface area contributed by atoms with Crippen LogP contribution in [0, 0.1) is 0 Å². The maximum absolute atomic E-state index is 12.7. The Morgan fingerprint density at radius 2 is 2.20 bits per heavy atom. The van der Waals surface area contributed by atoms with Crippen molar-refractivity contribution in [3.8, 4) is 0 Å². The summed E-state index contributed by atoms with van der Waals surface area (Å²) in [5.74, 6) is 0.144. The highest BCUT2D eigenvalue weighted by atomic mass is 32.1. The molecule has 0 saturated heterocycles. The Hall–Kier alpha value is -1.65. The molecule has 0 saturated carbocycles. The molecule has 2 aromatic rings. The first-order valence-electron chi connectivity index (χ1n) is 6.84. The first kappa shape index (κ1) is 13.3. The zero-order valence-corrected chi connectivity index (χ0v) is 12.3. The summed E-state index contributed by atoms with van der Waals surface area (Å²) in [4.78, 5) is 15.7. The van der Waals surface area contributed by atoms with Gasteiger partial charge in [0.15, 0.2) is 0 Å². The van der Waals surface area contributed by atoms with Crippen LogP contribution in [0.4, 0.5) is 0 Å². The van der Waals surface area contributed by atoms with E-state index in [0.29, 0.717) is 6.54 Å². The molecular weight excluding hydrogens is 268 g/mol. The number of thiophene rings is 1. The van der Waals surface area contributed by atoms with Crippen molar-refractivity contribution < 1.29 is 4.79 Å². The van der Waals surface area contributed by atoms with Crippen molar-refractivity contribution >= 4 is 17.2 Å². The van der Waals surface area contributed by atoms with Crippen molar-refractivity contribution in [2.45, 2.75) is 19.0 Å². The van der Waals surface area contributed by atoms with Crippen molar-refractivity contribution in [3.63, 3.8) is 0 Å². The van der Waals surface area contributed by atoms with E-state index in [9.17, 15) is 4.79 Å². The molecule has 0 spiro atoms. The molecule has 1 unspecified atom stereocenters. The van der Waals surface area contributed by atoms with E-state index in [1.807, 2.05) is 35.5 Å². The highest BCUT2D eigenvalue weighted by Gasteiger charge is 2.28. The van der Waals surface area contributed by atoms with Crippen LogP contribution in [0.5, 0.6) is 0 Å². The average molecular weight is 286 g/mol. The van der Waals surface area contributed by atoms with Crippen LogP contribution in [-0.2, 0) is 17.8 Å². The molecule has 4 heteroatoms. The van der Waals surface area contributed by atoms with Crippen molar-refractivity contribution in [1.82, 2.24) is 10.2 Å². The quantitative estimate of drug-likeness (QED) is 0.940. The highest BCUT2D eigenvalue weighted by molar-refractivity contribution is 7.09. The van der Waals surface area contributed by atoms with Crippen molar-refractivity contribution in [2.75, 3.05) is 13.6 Å². The lowest BCUT2D eigenvalue weighted by Gasteiger charge is -2.29. The molecule has 0 bridgehead atoms. The van der Waals surface area contributed by atoms with Gasteiger partial charge in [0.25, 0.3) is 0 Å². The van der Waals surface area contributed by atoms with Crippen LogP contribution < -0.4 is 5.32 Å². The molecule has 1 aliphatic rings. The highest BCUT2D eigenvalue weighted by Crippen LogP contribution is 2.24. The summed E-state index contributed by atoms with van der Waals surface area (Å²) < 4.78 is 0. The molecule has 1 aromatic heterocycles. The zero-order valence-electron chi connectivity index (χ0n) is 11.5. The number of rotatable bonds is 3. The second-order valence-electron chi connectivity index (χ2n) is 5.11. The van der Waals surface area contributed by atoms with Gasteiger partial charge in [-0.1, -0.05) is 30.3 Å². The Kier molecular flexibility index (Phi) is 3.85. The molecule has 1 aromatic carbocycles. The third-order valence-corrected chi connectivity index (χ3v) is 4.57. The van der Waals surface area contributed by atoms with Gasteiger partial charge in [0, 0.05) is 18.5 Å². The van der Waals surface area contributed by atoms with Crippen LogP contribution in [-0.4, -0.2) is 24.4 Å². The summed E-state index contributed by atoms with van der Waals surface area (Å²) >= 11 is 1.69. The molecule has 3 rings (SSSR count). The molecule has 2 heterocycles. The van der Waals surface area contributed by atoms with Gasteiger partial charge in [0.1, 0.15) is 6.04 Å². The van der Waals surface area contributed by atoms with Crippen LogP contribution in [0.2, 0.25) is 0 Å². The summed E-state index contributed by atoms with van der Waals surface area (Å²) in [6.07, 6.45) is 0.995. The Morgan fingerprint density at radius 1 is 1.35 bits per heavy atom. The fourth-order valence-electron chi connectivity index (χ4n) is 2.66. The summed E-state index contributed by atoms with van der Waals surface area (Å²) in [5, 5.41) is 5.39. The lowest BCUT2D eigenvalue weighted by atomic mass is 9.93. The van der Waals surface area contributed by atoms with Crippen LogP contribution in [0.3, 0.4) is 0 Å². The lowest BCUT2D eigenvalue weighted by Crippen LogP contribution is -2.41. The van der Waals surface area contributed by atoms with Crippen LogP contribution in [0.1, 0.15) is 22.0 Å². The van der Waals surface area contributed by atoms with Gasteiger partial charge < -0.3 is 10.2 Å². The second kappa shape index (κ2) is 5.77. The number of carbonyl (C=O) groups is 1. The Morgan fingerprint density at radius 3 is 3.00 bits per heavy atom. The zero-order chi connectivity index (χ0) is 13.9. The van der Waals surface area contributed by atoms with Crippen molar-refractivity contribution in [2.24, 2.45) is 0 Å². The predicted molar refractivity (Wildman–Crippen MR) is 81.7 cm³/mol. The van der Waals surface area contributed by atoms with Gasteiger partial charge in [-0.15, -0.1) is 11.3 Å². The standard InChI is InChI=1S/C16H18N2OS/c1-18(11-13-6-4-10-20-13)16(19)15-14-7-3-2-5-12(14)8-9-17-15/h2-7,10,15,17H,8-9,11H2,1H3. The lowest BCUT2D eigenvalue weighted by molar-refractivity contribution is -0.133. The van der Waals surface area contributed by atoms with E-state index in [2.05, 4.69) is 23.5 Å². The molecule has 0 aliphatic carbocycles. The van der Waals surface area contributed by atoms with E-state index < -0.39 is 0 Å². The third kappa shape index (κ3) is 2.62. The number of carbonyl (C=O) groups excluding carboxylic acids is 1. The molecule has 0 fully saturated rings. The maximum Gasteiger partial charge on any atom is 0.244 e.